The van der Waals surface area contributed by atoms with Crippen LogP contribution in [0.5, 0.6) is 0 Å². The molecule has 10 nitrogen and oxygen atoms in total. The van der Waals surface area contributed by atoms with Crippen molar-refractivity contribution in [1.82, 2.24) is 24.6 Å². The van der Waals surface area contributed by atoms with Gasteiger partial charge in [-0.15, -0.1) is 0 Å². The zero-order valence-corrected chi connectivity index (χ0v) is 11.8. The molecule has 118 valence electrons. The summed E-state index contributed by atoms with van der Waals surface area (Å²) in [5.74, 6) is -2.66. The second kappa shape index (κ2) is 4.84. The van der Waals surface area contributed by atoms with Gasteiger partial charge in [0.2, 0.25) is 0 Å². The van der Waals surface area contributed by atoms with E-state index >= 15 is 0 Å². The molecule has 3 aromatic rings. The number of nitrogens with zero attached hydrogens (tertiary/aromatic N) is 4. The van der Waals surface area contributed by atoms with Gasteiger partial charge in [-0.1, -0.05) is 17.2 Å². The molecule has 1 aromatic carbocycles. The van der Waals surface area contributed by atoms with Crippen molar-refractivity contribution in [3.8, 4) is 0 Å². The van der Waals surface area contributed by atoms with Crippen LogP contribution in [0.25, 0.3) is 5.78 Å². The van der Waals surface area contributed by atoms with E-state index in [0.29, 0.717) is 5.06 Å². The Labute approximate surface area is 132 Å². The number of carbonyl (C=O) groups excluding carboxylic acids is 3. The van der Waals surface area contributed by atoms with Crippen LogP contribution in [0.15, 0.2) is 41.6 Å². The minimum Gasteiger partial charge on any atom is -0.324 e. The van der Waals surface area contributed by atoms with Gasteiger partial charge < -0.3 is 4.84 Å². The first-order valence-corrected chi connectivity index (χ1v) is 6.69. The predicted molar refractivity (Wildman–Crippen MR) is 76.0 cm³/mol. The highest BCUT2D eigenvalue weighted by atomic mass is 16.7. The molecule has 1 aliphatic rings. The number of amides is 2. The summed E-state index contributed by atoms with van der Waals surface area (Å²) in [5.41, 5.74) is -0.976. The van der Waals surface area contributed by atoms with Gasteiger partial charge in [0, 0.05) is 0 Å². The van der Waals surface area contributed by atoms with Gasteiger partial charge in [0.15, 0.2) is 0 Å². The third-order valence-electron chi connectivity index (χ3n) is 3.46. The third-order valence-corrected chi connectivity index (χ3v) is 3.46. The van der Waals surface area contributed by atoms with E-state index in [9.17, 15) is 19.2 Å². The highest BCUT2D eigenvalue weighted by Gasteiger charge is 2.39. The molecule has 4 rings (SSSR count). The molecule has 2 amide bonds. The molecule has 3 heterocycles. The zero-order valence-electron chi connectivity index (χ0n) is 11.8. The maximum absolute atomic E-state index is 12.2. The summed E-state index contributed by atoms with van der Waals surface area (Å²) in [6, 6.07) is 6.04. The van der Waals surface area contributed by atoms with Crippen LogP contribution in [0.2, 0.25) is 0 Å². The van der Waals surface area contributed by atoms with E-state index in [-0.39, 0.29) is 16.9 Å². The van der Waals surface area contributed by atoms with Crippen molar-refractivity contribution in [3.63, 3.8) is 0 Å². The first-order chi connectivity index (χ1) is 11.6. The second-order valence-corrected chi connectivity index (χ2v) is 4.83. The largest absolute Gasteiger partial charge is 0.371 e. The van der Waals surface area contributed by atoms with Gasteiger partial charge in [-0.25, -0.2) is 14.8 Å². The van der Waals surface area contributed by atoms with Crippen LogP contribution < -0.4 is 5.56 Å². The molecule has 0 unspecified atom stereocenters. The molecular weight excluding hydrogens is 318 g/mol. The highest BCUT2D eigenvalue weighted by molar-refractivity contribution is 6.21. The molecule has 10 heteroatoms. The fourth-order valence-electron chi connectivity index (χ4n) is 2.32. The van der Waals surface area contributed by atoms with Crippen LogP contribution in [0.1, 0.15) is 31.1 Å². The lowest BCUT2D eigenvalue weighted by atomic mass is 10.1. The van der Waals surface area contributed by atoms with E-state index in [4.69, 9.17) is 4.84 Å². The number of hydrogen-bond acceptors (Lipinski definition) is 7. The van der Waals surface area contributed by atoms with E-state index in [1.807, 2.05) is 0 Å². The molecule has 2 aromatic heterocycles. The van der Waals surface area contributed by atoms with Crippen molar-refractivity contribution in [2.24, 2.45) is 0 Å². The van der Waals surface area contributed by atoms with Crippen molar-refractivity contribution >= 4 is 23.6 Å². The quantitative estimate of drug-likeness (QED) is 0.646. The Bertz CT molecular complexity index is 1050. The SMILES string of the molecule is O=C(ON1C(=O)c2ccccc2C1=O)c1cnc2nc[nH]n2c1=O. The number of benzene rings is 1. The summed E-state index contributed by atoms with van der Waals surface area (Å²) >= 11 is 0. The molecule has 1 N–H and O–H groups in total. The monoisotopic (exact) mass is 325 g/mol. The Kier molecular flexibility index (Phi) is 2.79. The average Bonchev–Trinajstić information content (AvgIpc) is 3.15. The third kappa shape index (κ3) is 1.83. The van der Waals surface area contributed by atoms with Crippen molar-refractivity contribution < 1.29 is 19.2 Å². The average molecular weight is 325 g/mol. The number of hydrogen-bond donors (Lipinski definition) is 1. The minimum absolute atomic E-state index is 0.0669. The van der Waals surface area contributed by atoms with Crippen molar-refractivity contribution in [2.75, 3.05) is 0 Å². The molecule has 1 aliphatic heterocycles. The van der Waals surface area contributed by atoms with Gasteiger partial charge >= 0.3 is 5.97 Å². The number of aromatic amines is 1. The number of carbonyl (C=O) groups is 3. The number of aromatic nitrogens is 4. The molecule has 0 atom stereocenters. The van der Waals surface area contributed by atoms with Crippen LogP contribution in [-0.2, 0) is 4.84 Å². The van der Waals surface area contributed by atoms with Crippen LogP contribution in [0, 0.1) is 0 Å². The Balaban J connectivity index is 1.67. The first kappa shape index (κ1) is 13.8. The molecule has 0 spiro atoms. The molecular formula is C14H7N5O5. The maximum Gasteiger partial charge on any atom is 0.371 e. The minimum atomic E-state index is -1.17. The van der Waals surface area contributed by atoms with Crippen LogP contribution >= 0.6 is 0 Å². The van der Waals surface area contributed by atoms with Crippen molar-refractivity contribution in [2.45, 2.75) is 0 Å². The predicted octanol–water partition coefficient (Wildman–Crippen LogP) is -0.214. The van der Waals surface area contributed by atoms with Gasteiger partial charge in [-0.3, -0.25) is 19.5 Å². The normalized spacial score (nSPS) is 13.4. The number of imide groups is 1. The summed E-state index contributed by atoms with van der Waals surface area (Å²) in [4.78, 5) is 61.0. The standard InChI is InChI=1S/C14H7N5O5/c20-10-9(5-15-14-16-6-17-18(10)14)13(23)24-19-11(21)7-3-1-2-4-8(7)12(19)22/h1-6H,(H,15,16,17). The summed E-state index contributed by atoms with van der Waals surface area (Å²) in [7, 11) is 0. The Morgan fingerprint density at radius 3 is 2.38 bits per heavy atom. The van der Waals surface area contributed by atoms with E-state index < -0.39 is 28.9 Å². The summed E-state index contributed by atoms with van der Waals surface area (Å²) in [6.07, 6.45) is 2.20. The summed E-state index contributed by atoms with van der Waals surface area (Å²) in [6.45, 7) is 0. The molecule has 0 bridgehead atoms. The van der Waals surface area contributed by atoms with Gasteiger partial charge in [-0.05, 0) is 12.1 Å². The van der Waals surface area contributed by atoms with Gasteiger partial charge in [0.1, 0.15) is 11.9 Å². The van der Waals surface area contributed by atoms with Crippen LogP contribution in [-0.4, -0.2) is 42.4 Å². The molecule has 0 aliphatic carbocycles. The Morgan fingerprint density at radius 2 is 1.71 bits per heavy atom. The van der Waals surface area contributed by atoms with Crippen LogP contribution in [0.4, 0.5) is 0 Å². The van der Waals surface area contributed by atoms with E-state index in [2.05, 4.69) is 15.1 Å². The zero-order chi connectivity index (χ0) is 16.8. The highest BCUT2D eigenvalue weighted by Crippen LogP contribution is 2.22. The molecule has 24 heavy (non-hydrogen) atoms. The smallest absolute Gasteiger partial charge is 0.324 e. The molecule has 0 saturated heterocycles. The van der Waals surface area contributed by atoms with Gasteiger partial charge in [-0.2, -0.15) is 4.52 Å². The fourth-order valence-corrected chi connectivity index (χ4v) is 2.32. The van der Waals surface area contributed by atoms with E-state index in [0.717, 1.165) is 10.7 Å². The number of H-pyrrole nitrogens is 1. The number of hydroxylamine groups is 2. The fraction of sp³-hybridized carbons (Fsp3) is 0. The van der Waals surface area contributed by atoms with Gasteiger partial charge in [0.25, 0.3) is 23.2 Å². The topological polar surface area (TPSA) is 127 Å². The second-order valence-electron chi connectivity index (χ2n) is 4.83. The number of rotatable bonds is 2. The first-order valence-electron chi connectivity index (χ1n) is 6.69. The Morgan fingerprint density at radius 1 is 1.04 bits per heavy atom. The lowest BCUT2D eigenvalue weighted by Crippen LogP contribution is -2.35. The molecule has 0 radical (unpaired) electrons. The molecule has 0 saturated carbocycles. The van der Waals surface area contributed by atoms with E-state index in [1.165, 1.54) is 18.5 Å². The van der Waals surface area contributed by atoms with Crippen molar-refractivity contribution in [1.29, 1.82) is 0 Å². The van der Waals surface area contributed by atoms with Crippen molar-refractivity contribution in [3.05, 3.63) is 63.8 Å². The summed E-state index contributed by atoms with van der Waals surface area (Å²) in [5, 5.41) is 2.81. The Hall–Kier alpha value is -3.82. The number of fused-ring (bicyclic) bond motifs is 2. The lowest BCUT2D eigenvalue weighted by Gasteiger charge is -2.12. The van der Waals surface area contributed by atoms with E-state index in [1.54, 1.807) is 12.1 Å². The summed E-state index contributed by atoms with van der Waals surface area (Å²) < 4.78 is 0.930. The molecule has 0 fully saturated rings. The van der Waals surface area contributed by atoms with Crippen LogP contribution in [0.3, 0.4) is 0 Å². The maximum atomic E-state index is 12.2. The lowest BCUT2D eigenvalue weighted by molar-refractivity contribution is -0.0586. The van der Waals surface area contributed by atoms with Gasteiger partial charge in [0.05, 0.1) is 17.3 Å². The number of nitrogens with one attached hydrogen (secondary N) is 1.